The molecule has 3 aromatic rings. The molecule has 2 aliphatic heterocycles. The van der Waals surface area contributed by atoms with E-state index in [0.29, 0.717) is 5.02 Å². The summed E-state index contributed by atoms with van der Waals surface area (Å²) < 4.78 is 19.8. The van der Waals surface area contributed by atoms with Gasteiger partial charge in [0.1, 0.15) is 11.6 Å². The molecule has 3 nitrogen and oxygen atoms in total. The van der Waals surface area contributed by atoms with Crippen LogP contribution in [0.5, 0.6) is 5.75 Å². The lowest BCUT2D eigenvalue weighted by Crippen LogP contribution is -2.33. The maximum Gasteiger partial charge on any atom is 0.213 e. The van der Waals surface area contributed by atoms with Crippen molar-refractivity contribution in [1.29, 1.82) is 0 Å². The Balaban J connectivity index is 1.62. The molecule has 5 heteroatoms. The van der Waals surface area contributed by atoms with Crippen LogP contribution in [0.4, 0.5) is 4.39 Å². The highest BCUT2D eigenvalue weighted by molar-refractivity contribution is 6.30. The van der Waals surface area contributed by atoms with E-state index in [1.807, 2.05) is 23.2 Å². The van der Waals surface area contributed by atoms with Crippen LogP contribution in [-0.4, -0.2) is 10.7 Å². The van der Waals surface area contributed by atoms with Crippen molar-refractivity contribution in [1.82, 2.24) is 5.01 Å². The van der Waals surface area contributed by atoms with E-state index in [2.05, 4.69) is 32.0 Å². The number of nitrogens with zero attached hydrogens (tertiary/aromatic N) is 2. The lowest BCUT2D eigenvalue weighted by molar-refractivity contribution is -0.0190. The van der Waals surface area contributed by atoms with Crippen molar-refractivity contribution in [3.63, 3.8) is 0 Å². The molecule has 0 bridgehead atoms. The van der Waals surface area contributed by atoms with Crippen molar-refractivity contribution >= 4 is 17.3 Å². The Morgan fingerprint density at radius 1 is 1.03 bits per heavy atom. The van der Waals surface area contributed by atoms with E-state index in [0.717, 1.165) is 34.6 Å². The van der Waals surface area contributed by atoms with E-state index >= 15 is 0 Å². The third-order valence-electron chi connectivity index (χ3n) is 5.61. The molecule has 146 valence electrons. The maximum atomic E-state index is 13.5. The normalized spacial score (nSPS) is 20.0. The van der Waals surface area contributed by atoms with Crippen LogP contribution in [0.1, 0.15) is 46.5 Å². The lowest BCUT2D eigenvalue weighted by Gasteiger charge is -2.38. The standard InChI is InChI=1S/C24H20ClFN2O/c1-14-3-4-15(2)19(11-14)21-13-22-20-12-17(25)7-10-23(20)29-24(28(22)27-21)16-5-8-18(26)9-6-16/h3-12,22,24H,13H2,1-2H3. The monoisotopic (exact) mass is 406 g/mol. The molecule has 0 amide bonds. The van der Waals surface area contributed by atoms with Gasteiger partial charge < -0.3 is 4.74 Å². The third kappa shape index (κ3) is 3.18. The van der Waals surface area contributed by atoms with E-state index in [9.17, 15) is 4.39 Å². The number of rotatable bonds is 2. The molecule has 0 aromatic heterocycles. The summed E-state index contributed by atoms with van der Waals surface area (Å²) in [4.78, 5) is 0. The molecule has 0 spiro atoms. The van der Waals surface area contributed by atoms with Crippen LogP contribution in [0, 0.1) is 19.7 Å². The Morgan fingerprint density at radius 2 is 1.83 bits per heavy atom. The average Bonchev–Trinajstić information content (AvgIpc) is 3.15. The fourth-order valence-electron chi connectivity index (χ4n) is 4.11. The number of halogens is 2. The summed E-state index contributed by atoms with van der Waals surface area (Å²) in [6.07, 6.45) is 0.343. The van der Waals surface area contributed by atoms with Crippen molar-refractivity contribution in [2.24, 2.45) is 5.10 Å². The Bertz CT molecular complexity index is 1130. The van der Waals surface area contributed by atoms with Gasteiger partial charge in [0, 0.05) is 28.1 Å². The molecule has 2 aliphatic rings. The average molecular weight is 407 g/mol. The molecule has 0 fully saturated rings. The van der Waals surface area contributed by atoms with Gasteiger partial charge in [-0.15, -0.1) is 0 Å². The van der Waals surface area contributed by atoms with Gasteiger partial charge in [0.25, 0.3) is 0 Å². The molecule has 2 heterocycles. The molecule has 5 rings (SSSR count). The Morgan fingerprint density at radius 3 is 2.62 bits per heavy atom. The van der Waals surface area contributed by atoms with E-state index in [1.165, 1.54) is 23.3 Å². The van der Waals surface area contributed by atoms with Crippen molar-refractivity contribution < 1.29 is 9.13 Å². The first-order valence-corrected chi connectivity index (χ1v) is 10.0. The Kier molecular flexibility index (Phi) is 4.32. The summed E-state index contributed by atoms with van der Waals surface area (Å²) in [5.41, 5.74) is 6.47. The van der Waals surface area contributed by atoms with Crippen LogP contribution in [0.25, 0.3) is 0 Å². The highest BCUT2D eigenvalue weighted by Gasteiger charge is 2.41. The van der Waals surface area contributed by atoms with Gasteiger partial charge in [-0.3, -0.25) is 0 Å². The molecular formula is C24H20ClFN2O. The van der Waals surface area contributed by atoms with Crippen molar-refractivity contribution in [2.75, 3.05) is 0 Å². The molecular weight excluding hydrogens is 387 g/mol. The van der Waals surface area contributed by atoms with E-state index in [-0.39, 0.29) is 11.9 Å². The van der Waals surface area contributed by atoms with Crippen LogP contribution in [-0.2, 0) is 0 Å². The van der Waals surface area contributed by atoms with Crippen LogP contribution in [0.2, 0.25) is 5.02 Å². The summed E-state index contributed by atoms with van der Waals surface area (Å²) >= 11 is 6.28. The molecule has 3 aromatic carbocycles. The minimum atomic E-state index is -0.420. The number of hydrogen-bond donors (Lipinski definition) is 0. The number of hydrazone groups is 1. The Labute approximate surface area is 174 Å². The van der Waals surface area contributed by atoms with Gasteiger partial charge in [0.2, 0.25) is 6.23 Å². The van der Waals surface area contributed by atoms with Crippen molar-refractivity contribution in [3.8, 4) is 5.75 Å². The summed E-state index contributed by atoms with van der Waals surface area (Å²) in [5.74, 6) is 0.525. The second-order valence-electron chi connectivity index (χ2n) is 7.67. The maximum absolute atomic E-state index is 13.5. The minimum Gasteiger partial charge on any atom is -0.464 e. The number of ether oxygens (including phenoxy) is 1. The second kappa shape index (κ2) is 6.89. The first-order chi connectivity index (χ1) is 14.0. The predicted octanol–water partition coefficient (Wildman–Crippen LogP) is 6.34. The number of hydrogen-bond acceptors (Lipinski definition) is 3. The molecule has 0 radical (unpaired) electrons. The smallest absolute Gasteiger partial charge is 0.213 e. The largest absolute Gasteiger partial charge is 0.464 e. The van der Waals surface area contributed by atoms with Gasteiger partial charge in [-0.25, -0.2) is 9.40 Å². The number of fused-ring (bicyclic) bond motifs is 3. The quantitative estimate of drug-likeness (QED) is 0.496. The molecule has 0 saturated carbocycles. The van der Waals surface area contributed by atoms with Gasteiger partial charge in [0.05, 0.1) is 11.8 Å². The first kappa shape index (κ1) is 18.2. The van der Waals surface area contributed by atoms with Crippen LogP contribution in [0.15, 0.2) is 65.8 Å². The van der Waals surface area contributed by atoms with Gasteiger partial charge >= 0.3 is 0 Å². The zero-order valence-electron chi connectivity index (χ0n) is 16.2. The van der Waals surface area contributed by atoms with Crippen molar-refractivity contribution in [3.05, 3.63) is 99.3 Å². The van der Waals surface area contributed by atoms with Crippen molar-refractivity contribution in [2.45, 2.75) is 32.5 Å². The molecule has 0 aliphatic carbocycles. The molecule has 2 atom stereocenters. The van der Waals surface area contributed by atoms with Crippen LogP contribution < -0.4 is 4.74 Å². The van der Waals surface area contributed by atoms with Gasteiger partial charge in [-0.1, -0.05) is 41.4 Å². The summed E-state index contributed by atoms with van der Waals surface area (Å²) in [7, 11) is 0. The minimum absolute atomic E-state index is 0.0161. The number of aryl methyl sites for hydroxylation is 2. The molecule has 0 N–H and O–H groups in total. The second-order valence-corrected chi connectivity index (χ2v) is 8.11. The molecule has 0 saturated heterocycles. The predicted molar refractivity (Wildman–Crippen MR) is 113 cm³/mol. The van der Waals surface area contributed by atoms with Gasteiger partial charge in [-0.2, -0.15) is 5.10 Å². The molecule has 29 heavy (non-hydrogen) atoms. The SMILES string of the molecule is Cc1ccc(C)c(C2=NN3C(C2)c2cc(Cl)ccc2OC3c2ccc(F)cc2)c1. The zero-order chi connectivity index (χ0) is 20.1. The number of benzene rings is 3. The summed E-state index contributed by atoms with van der Waals surface area (Å²) in [6.45, 7) is 4.19. The lowest BCUT2D eigenvalue weighted by atomic mass is 9.93. The zero-order valence-corrected chi connectivity index (χ0v) is 16.9. The van der Waals surface area contributed by atoms with Gasteiger partial charge in [-0.05, 0) is 55.8 Å². The third-order valence-corrected chi connectivity index (χ3v) is 5.85. The summed E-state index contributed by atoms with van der Waals surface area (Å²) in [5, 5.41) is 7.64. The highest BCUT2D eigenvalue weighted by atomic mass is 35.5. The fraction of sp³-hybridized carbons (Fsp3) is 0.208. The topological polar surface area (TPSA) is 24.8 Å². The first-order valence-electron chi connectivity index (χ1n) is 9.64. The van der Waals surface area contributed by atoms with E-state index in [4.69, 9.17) is 21.4 Å². The summed E-state index contributed by atoms with van der Waals surface area (Å²) in [6, 6.07) is 18.5. The van der Waals surface area contributed by atoms with Gasteiger partial charge in [0.15, 0.2) is 0 Å². The van der Waals surface area contributed by atoms with Crippen LogP contribution >= 0.6 is 11.6 Å². The molecule has 2 unspecified atom stereocenters. The Hall–Kier alpha value is -2.85. The van der Waals surface area contributed by atoms with E-state index in [1.54, 1.807) is 12.1 Å². The fourth-order valence-corrected chi connectivity index (χ4v) is 4.30. The highest BCUT2D eigenvalue weighted by Crippen LogP contribution is 2.48. The van der Waals surface area contributed by atoms with E-state index < -0.39 is 6.23 Å². The van der Waals surface area contributed by atoms with Crippen LogP contribution in [0.3, 0.4) is 0 Å².